The van der Waals surface area contributed by atoms with Gasteiger partial charge in [-0.1, -0.05) is 30.3 Å². The summed E-state index contributed by atoms with van der Waals surface area (Å²) in [6.07, 6.45) is -4.24. The van der Waals surface area contributed by atoms with Gasteiger partial charge in [-0.05, 0) is 48.2 Å². The number of benzene rings is 2. The maximum absolute atomic E-state index is 13.0. The molecule has 0 amide bonds. The van der Waals surface area contributed by atoms with Gasteiger partial charge in [0.15, 0.2) is 5.78 Å². The third-order valence-electron chi connectivity index (χ3n) is 5.19. The van der Waals surface area contributed by atoms with Crippen LogP contribution in [-0.4, -0.2) is 16.7 Å². The van der Waals surface area contributed by atoms with Crippen LogP contribution in [0.2, 0.25) is 0 Å². The fourth-order valence-electron chi connectivity index (χ4n) is 3.85. The second-order valence-electron chi connectivity index (χ2n) is 7.15. The monoisotopic (exact) mass is 424 g/mol. The van der Waals surface area contributed by atoms with Gasteiger partial charge in [-0.15, -0.1) is 13.2 Å². The number of rotatable bonds is 3. The fourth-order valence-corrected chi connectivity index (χ4v) is 3.85. The highest BCUT2D eigenvalue weighted by atomic mass is 19.4. The summed E-state index contributed by atoms with van der Waals surface area (Å²) in [5.74, 6) is -0.794. The molecule has 0 N–H and O–H groups in total. The van der Waals surface area contributed by atoms with Gasteiger partial charge in [0.1, 0.15) is 17.4 Å². The Balaban J connectivity index is 1.84. The Kier molecular flexibility index (Phi) is 5.11. The molecule has 0 unspecified atom stereocenters. The van der Waals surface area contributed by atoms with Crippen LogP contribution in [-0.2, 0) is 6.42 Å². The molecule has 5 nitrogen and oxygen atoms in total. The van der Waals surface area contributed by atoms with Gasteiger partial charge in [-0.25, -0.2) is 0 Å². The van der Waals surface area contributed by atoms with E-state index in [0.29, 0.717) is 12.1 Å². The van der Waals surface area contributed by atoms with Crippen molar-refractivity contribution in [2.24, 2.45) is 0 Å². The number of hydrogen-bond donors (Lipinski definition) is 0. The smallest absolute Gasteiger partial charge is 0.406 e. The largest absolute Gasteiger partial charge is 0.573 e. The normalized spacial score (nSPS) is 15.8. The summed E-state index contributed by atoms with van der Waals surface area (Å²) >= 11 is 0. The Labute approximate surface area is 174 Å². The molecule has 2 aromatic carbocycles. The van der Waals surface area contributed by atoms with Crippen LogP contribution in [0.4, 0.5) is 13.2 Å². The SMILES string of the molecule is N#Cc1cc2c(n(-c3ccc(OC(F)(F)F)cc3)c1=O)C[C@@H](c1ccccc1)CC2=O. The van der Waals surface area contributed by atoms with Crippen molar-refractivity contribution in [1.29, 1.82) is 5.26 Å². The van der Waals surface area contributed by atoms with Crippen molar-refractivity contribution in [3.8, 4) is 17.5 Å². The summed E-state index contributed by atoms with van der Waals surface area (Å²) < 4.78 is 42.5. The van der Waals surface area contributed by atoms with Crippen molar-refractivity contribution in [1.82, 2.24) is 4.57 Å². The molecule has 0 fully saturated rings. The lowest BCUT2D eigenvalue weighted by atomic mass is 9.81. The highest BCUT2D eigenvalue weighted by Crippen LogP contribution is 2.34. The molecule has 156 valence electrons. The third-order valence-corrected chi connectivity index (χ3v) is 5.19. The van der Waals surface area contributed by atoms with Gasteiger partial charge in [0.2, 0.25) is 0 Å². The van der Waals surface area contributed by atoms with Gasteiger partial charge in [-0.2, -0.15) is 5.26 Å². The molecule has 1 heterocycles. The zero-order chi connectivity index (χ0) is 22.2. The van der Waals surface area contributed by atoms with Crippen molar-refractivity contribution < 1.29 is 22.7 Å². The minimum atomic E-state index is -4.84. The number of ether oxygens (including phenoxy) is 1. The fraction of sp³-hybridized carbons (Fsp3) is 0.174. The lowest BCUT2D eigenvalue weighted by Crippen LogP contribution is -2.31. The maximum Gasteiger partial charge on any atom is 0.573 e. The first kappa shape index (κ1) is 20.4. The Morgan fingerprint density at radius 1 is 1.00 bits per heavy atom. The molecule has 0 saturated carbocycles. The molecular weight excluding hydrogens is 409 g/mol. The molecular formula is C23H15F3N2O3. The second kappa shape index (κ2) is 7.76. The maximum atomic E-state index is 13.0. The van der Waals surface area contributed by atoms with E-state index in [1.165, 1.54) is 22.8 Å². The molecule has 0 aliphatic heterocycles. The number of pyridine rings is 1. The summed E-state index contributed by atoms with van der Waals surface area (Å²) in [5, 5.41) is 9.36. The van der Waals surface area contributed by atoms with E-state index in [-0.39, 0.29) is 34.9 Å². The van der Waals surface area contributed by atoms with Crippen LogP contribution >= 0.6 is 0 Å². The molecule has 1 aliphatic carbocycles. The highest BCUT2D eigenvalue weighted by molar-refractivity contribution is 5.99. The lowest BCUT2D eigenvalue weighted by Gasteiger charge is -2.27. The predicted octanol–water partition coefficient (Wildman–Crippen LogP) is 4.52. The van der Waals surface area contributed by atoms with Crippen LogP contribution in [0.25, 0.3) is 5.69 Å². The molecule has 1 aliphatic rings. The molecule has 4 rings (SSSR count). The summed E-state index contributed by atoms with van der Waals surface area (Å²) in [6, 6.07) is 17.2. The van der Waals surface area contributed by atoms with Crippen molar-refractivity contribution in [2.45, 2.75) is 25.1 Å². The number of fused-ring (bicyclic) bond motifs is 1. The molecule has 0 spiro atoms. The summed E-state index contributed by atoms with van der Waals surface area (Å²) in [6.45, 7) is 0. The number of hydrogen-bond acceptors (Lipinski definition) is 4. The van der Waals surface area contributed by atoms with Crippen LogP contribution in [0.3, 0.4) is 0 Å². The molecule has 3 aromatic rings. The number of carbonyl (C=O) groups excluding carboxylic acids is 1. The molecule has 31 heavy (non-hydrogen) atoms. The quantitative estimate of drug-likeness (QED) is 0.620. The number of aromatic nitrogens is 1. The van der Waals surface area contributed by atoms with Gasteiger partial charge in [0.05, 0.1) is 0 Å². The Hall–Kier alpha value is -3.86. The van der Waals surface area contributed by atoms with E-state index >= 15 is 0 Å². The van der Waals surface area contributed by atoms with E-state index < -0.39 is 17.7 Å². The van der Waals surface area contributed by atoms with E-state index in [1.54, 1.807) is 6.07 Å². The Morgan fingerprint density at radius 2 is 1.68 bits per heavy atom. The van der Waals surface area contributed by atoms with E-state index in [2.05, 4.69) is 4.74 Å². The minimum Gasteiger partial charge on any atom is -0.406 e. The topological polar surface area (TPSA) is 72.1 Å². The number of halogens is 3. The molecule has 8 heteroatoms. The molecule has 0 radical (unpaired) electrons. The van der Waals surface area contributed by atoms with Gasteiger partial charge in [0, 0.05) is 23.4 Å². The predicted molar refractivity (Wildman–Crippen MR) is 105 cm³/mol. The molecule has 0 saturated heterocycles. The van der Waals surface area contributed by atoms with Crippen molar-refractivity contribution in [2.75, 3.05) is 0 Å². The number of ketones is 1. The minimum absolute atomic E-state index is 0.160. The number of nitrogens with zero attached hydrogens (tertiary/aromatic N) is 2. The molecule has 0 bridgehead atoms. The zero-order valence-corrected chi connectivity index (χ0v) is 16.0. The second-order valence-corrected chi connectivity index (χ2v) is 7.15. The van der Waals surface area contributed by atoms with E-state index in [1.807, 2.05) is 30.3 Å². The van der Waals surface area contributed by atoms with Crippen molar-refractivity contribution in [3.05, 3.63) is 93.4 Å². The van der Waals surface area contributed by atoms with Crippen LogP contribution in [0, 0.1) is 11.3 Å². The summed E-state index contributed by atoms with van der Waals surface area (Å²) in [5.41, 5.74) is 1.05. The van der Waals surface area contributed by atoms with Crippen molar-refractivity contribution in [3.63, 3.8) is 0 Å². The average molecular weight is 424 g/mol. The van der Waals surface area contributed by atoms with E-state index in [9.17, 15) is 28.0 Å². The average Bonchev–Trinajstić information content (AvgIpc) is 2.74. The molecule has 1 atom stereocenters. The first-order chi connectivity index (χ1) is 14.8. The standard InChI is InChI=1S/C23H15F3N2O3/c24-23(25,26)31-18-8-6-17(7-9-18)28-20-11-15(14-4-2-1-3-5-14)12-21(29)19(20)10-16(13-27)22(28)30/h1-10,15H,11-12H2/t15-/m1/s1. The van der Waals surface area contributed by atoms with Gasteiger partial charge >= 0.3 is 6.36 Å². The first-order valence-corrected chi connectivity index (χ1v) is 9.40. The number of carbonyl (C=O) groups is 1. The van der Waals surface area contributed by atoms with E-state index in [0.717, 1.165) is 17.7 Å². The number of alkyl halides is 3. The van der Waals surface area contributed by atoms with Gasteiger partial charge in [0.25, 0.3) is 5.56 Å². The summed E-state index contributed by atoms with van der Waals surface area (Å²) in [4.78, 5) is 25.8. The highest BCUT2D eigenvalue weighted by Gasteiger charge is 2.32. The van der Waals surface area contributed by atoms with E-state index in [4.69, 9.17) is 0 Å². The third kappa shape index (κ3) is 4.08. The van der Waals surface area contributed by atoms with Crippen LogP contribution < -0.4 is 10.3 Å². The van der Waals surface area contributed by atoms with Gasteiger partial charge < -0.3 is 4.74 Å². The van der Waals surface area contributed by atoms with Crippen LogP contribution in [0.1, 0.15) is 39.5 Å². The van der Waals surface area contributed by atoms with Crippen LogP contribution in [0.5, 0.6) is 5.75 Å². The van der Waals surface area contributed by atoms with Crippen LogP contribution in [0.15, 0.2) is 65.5 Å². The number of Topliss-reactive ketones (excluding diaryl/α,β-unsaturated/α-hetero) is 1. The Bertz CT molecular complexity index is 1240. The molecule has 1 aromatic heterocycles. The number of nitriles is 1. The first-order valence-electron chi connectivity index (χ1n) is 9.40. The summed E-state index contributed by atoms with van der Waals surface area (Å²) in [7, 11) is 0. The Morgan fingerprint density at radius 3 is 2.29 bits per heavy atom. The van der Waals surface area contributed by atoms with Gasteiger partial charge in [-0.3, -0.25) is 14.2 Å². The van der Waals surface area contributed by atoms with Crippen molar-refractivity contribution >= 4 is 5.78 Å². The zero-order valence-electron chi connectivity index (χ0n) is 16.0. The lowest BCUT2D eigenvalue weighted by molar-refractivity contribution is -0.274.